The first-order valence-corrected chi connectivity index (χ1v) is 11.3. The zero-order valence-electron chi connectivity index (χ0n) is 21.6. The van der Waals surface area contributed by atoms with Gasteiger partial charge in [-0.25, -0.2) is 19.3 Å². The average molecular weight is 515 g/mol. The van der Waals surface area contributed by atoms with Crippen LogP contribution in [0.3, 0.4) is 0 Å². The number of nitrogens with zero attached hydrogens (tertiary/aromatic N) is 3. The summed E-state index contributed by atoms with van der Waals surface area (Å²) < 4.78 is 10.5. The highest BCUT2D eigenvalue weighted by atomic mass is 16.7. The first-order chi connectivity index (χ1) is 17.0. The fourth-order valence-corrected chi connectivity index (χ4v) is 2.96. The molecule has 0 unspecified atom stereocenters. The number of amides is 4. The van der Waals surface area contributed by atoms with Crippen LogP contribution >= 0.6 is 0 Å². The number of carbonyl (C=O) groups excluding carboxylic acids is 5. The van der Waals surface area contributed by atoms with Crippen LogP contribution in [-0.2, 0) is 30.4 Å². The second kappa shape index (κ2) is 11.1. The molecule has 0 saturated carbocycles. The largest absolute Gasteiger partial charge is 0.443 e. The molecular formula is C25H30N4O8. The molecule has 4 amide bonds. The number of benzene rings is 1. The number of hydrogen-bond donors (Lipinski definition) is 1. The number of nitrogens with two attached hydrogens (primary N) is 1. The van der Waals surface area contributed by atoms with Crippen LogP contribution < -0.4 is 5.73 Å². The number of rotatable bonds is 4. The van der Waals surface area contributed by atoms with Crippen molar-refractivity contribution in [3.8, 4) is 12.3 Å². The van der Waals surface area contributed by atoms with E-state index in [-0.39, 0.29) is 36.1 Å². The summed E-state index contributed by atoms with van der Waals surface area (Å²) >= 11 is 0. The standard InChI is InChI=1S/C25H30N4O8/c1-8-15-11-16(13-17(12-15)20(32)37-29-18(30)9-10-19(29)31)14-28(23(34)36-25(5,6)7)21(26)27-22(33)35-24(2,3)4/h1,11-13H,9-10,14H2,2-7H3,(H2,26,27,33). The van der Waals surface area contributed by atoms with Gasteiger partial charge in [0.15, 0.2) is 0 Å². The van der Waals surface area contributed by atoms with Crippen molar-refractivity contribution in [1.82, 2.24) is 9.96 Å². The van der Waals surface area contributed by atoms with Crippen LogP contribution in [0.2, 0.25) is 0 Å². The molecule has 2 N–H and O–H groups in total. The minimum Gasteiger partial charge on any atom is -0.443 e. The summed E-state index contributed by atoms with van der Waals surface area (Å²) in [6.07, 6.45) is 3.43. The summed E-state index contributed by atoms with van der Waals surface area (Å²) in [5.41, 5.74) is 4.63. The Morgan fingerprint density at radius 3 is 2.11 bits per heavy atom. The zero-order chi connectivity index (χ0) is 28.1. The Kier molecular flexibility index (Phi) is 8.66. The lowest BCUT2D eigenvalue weighted by Gasteiger charge is -2.27. The maximum atomic E-state index is 12.9. The maximum absolute atomic E-state index is 12.9. The summed E-state index contributed by atoms with van der Waals surface area (Å²) in [4.78, 5) is 70.8. The van der Waals surface area contributed by atoms with E-state index in [4.69, 9.17) is 26.5 Å². The van der Waals surface area contributed by atoms with Crippen LogP contribution in [0.4, 0.5) is 9.59 Å². The molecule has 0 atom stereocenters. The molecule has 1 heterocycles. The zero-order valence-corrected chi connectivity index (χ0v) is 21.6. The highest BCUT2D eigenvalue weighted by Gasteiger charge is 2.33. The van der Waals surface area contributed by atoms with Gasteiger partial charge in [-0.1, -0.05) is 5.92 Å². The Hall–Kier alpha value is -4.40. The second-order valence-corrected chi connectivity index (χ2v) is 10.0. The fourth-order valence-electron chi connectivity index (χ4n) is 2.96. The number of aliphatic imine (C=N–C) groups is 1. The van der Waals surface area contributed by atoms with Crippen LogP contribution in [0, 0.1) is 12.3 Å². The molecule has 0 aliphatic carbocycles. The molecule has 1 fully saturated rings. The number of imide groups is 1. The summed E-state index contributed by atoms with van der Waals surface area (Å²) in [5, 5.41) is 0.406. The number of carbonyl (C=O) groups is 5. The summed E-state index contributed by atoms with van der Waals surface area (Å²) in [6, 6.07) is 4.13. The minimum atomic E-state index is -1.03. The Morgan fingerprint density at radius 2 is 1.59 bits per heavy atom. The highest BCUT2D eigenvalue weighted by Crippen LogP contribution is 2.19. The molecule has 1 aliphatic rings. The lowest BCUT2D eigenvalue weighted by atomic mass is 10.1. The Labute approximate surface area is 214 Å². The number of ether oxygens (including phenoxy) is 2. The lowest BCUT2D eigenvalue weighted by molar-refractivity contribution is -0.172. The monoisotopic (exact) mass is 514 g/mol. The summed E-state index contributed by atoms with van der Waals surface area (Å²) in [6.45, 7) is 9.51. The molecule has 1 saturated heterocycles. The Balaban J connectivity index is 2.40. The average Bonchev–Trinajstić information content (AvgIpc) is 3.06. The van der Waals surface area contributed by atoms with Gasteiger partial charge in [0.1, 0.15) is 11.2 Å². The van der Waals surface area contributed by atoms with E-state index in [9.17, 15) is 24.0 Å². The molecular weight excluding hydrogens is 484 g/mol. The predicted molar refractivity (Wildman–Crippen MR) is 131 cm³/mol. The van der Waals surface area contributed by atoms with Crippen molar-refractivity contribution >= 4 is 35.9 Å². The summed E-state index contributed by atoms with van der Waals surface area (Å²) in [5.74, 6) is -0.447. The van der Waals surface area contributed by atoms with Crippen molar-refractivity contribution in [3.63, 3.8) is 0 Å². The quantitative estimate of drug-likeness (QED) is 0.276. The topological polar surface area (TPSA) is 158 Å². The van der Waals surface area contributed by atoms with Gasteiger partial charge in [0.2, 0.25) is 5.96 Å². The molecule has 12 heteroatoms. The second-order valence-electron chi connectivity index (χ2n) is 10.0. The maximum Gasteiger partial charge on any atom is 0.437 e. The van der Waals surface area contributed by atoms with Gasteiger partial charge in [0, 0.05) is 18.4 Å². The first-order valence-electron chi connectivity index (χ1n) is 11.3. The van der Waals surface area contributed by atoms with Crippen LogP contribution in [0.1, 0.15) is 75.9 Å². The number of hydrogen-bond acceptors (Lipinski definition) is 8. The number of hydroxylamine groups is 2. The molecule has 198 valence electrons. The molecule has 0 radical (unpaired) electrons. The van der Waals surface area contributed by atoms with E-state index in [1.54, 1.807) is 41.5 Å². The van der Waals surface area contributed by atoms with Crippen LogP contribution in [-0.4, -0.2) is 57.1 Å². The van der Waals surface area contributed by atoms with Crippen molar-refractivity contribution in [2.75, 3.05) is 0 Å². The molecule has 1 aliphatic heterocycles. The third kappa shape index (κ3) is 8.64. The number of guanidine groups is 1. The van der Waals surface area contributed by atoms with E-state index in [1.165, 1.54) is 18.2 Å². The molecule has 0 bridgehead atoms. The molecule has 0 aromatic heterocycles. The van der Waals surface area contributed by atoms with Crippen molar-refractivity contribution in [2.45, 2.75) is 72.1 Å². The van der Waals surface area contributed by atoms with Gasteiger partial charge in [-0.05, 0) is 65.3 Å². The van der Waals surface area contributed by atoms with Crippen molar-refractivity contribution < 1.29 is 38.3 Å². The van der Waals surface area contributed by atoms with Crippen LogP contribution in [0.5, 0.6) is 0 Å². The van der Waals surface area contributed by atoms with Crippen LogP contribution in [0.25, 0.3) is 0 Å². The van der Waals surface area contributed by atoms with E-state index in [2.05, 4.69) is 10.9 Å². The van der Waals surface area contributed by atoms with E-state index in [0.29, 0.717) is 5.06 Å². The highest BCUT2D eigenvalue weighted by molar-refractivity contribution is 6.03. The van der Waals surface area contributed by atoms with Gasteiger partial charge < -0.3 is 20.0 Å². The van der Waals surface area contributed by atoms with Gasteiger partial charge in [0.05, 0.1) is 12.1 Å². The van der Waals surface area contributed by atoms with Crippen molar-refractivity contribution in [2.24, 2.45) is 10.7 Å². The van der Waals surface area contributed by atoms with Crippen molar-refractivity contribution in [3.05, 3.63) is 34.9 Å². The minimum absolute atomic E-state index is 0.0666. The first kappa shape index (κ1) is 28.8. The summed E-state index contributed by atoms with van der Waals surface area (Å²) in [7, 11) is 0. The predicted octanol–water partition coefficient (Wildman–Crippen LogP) is 2.88. The molecule has 2 rings (SSSR count). The van der Waals surface area contributed by atoms with Gasteiger partial charge >= 0.3 is 18.2 Å². The van der Waals surface area contributed by atoms with Crippen molar-refractivity contribution in [1.29, 1.82) is 0 Å². The van der Waals surface area contributed by atoms with E-state index in [0.717, 1.165) is 4.90 Å². The molecule has 1 aromatic carbocycles. The molecule has 1 aromatic rings. The van der Waals surface area contributed by atoms with Crippen LogP contribution in [0.15, 0.2) is 23.2 Å². The van der Waals surface area contributed by atoms with Gasteiger partial charge in [-0.15, -0.1) is 16.5 Å². The smallest absolute Gasteiger partial charge is 0.437 e. The van der Waals surface area contributed by atoms with Gasteiger partial charge in [-0.2, -0.15) is 0 Å². The normalized spacial score (nSPS) is 14.2. The fraction of sp³-hybridized carbons (Fsp3) is 0.440. The SMILES string of the molecule is C#Cc1cc(CN(C(=O)OC(C)(C)C)/C(N)=N/C(=O)OC(C)(C)C)cc(C(=O)ON2C(=O)CCC2=O)c1. The molecule has 0 spiro atoms. The number of terminal acetylenes is 1. The Morgan fingerprint density at radius 1 is 1.03 bits per heavy atom. The van der Waals surface area contributed by atoms with Gasteiger partial charge in [0.25, 0.3) is 11.8 Å². The van der Waals surface area contributed by atoms with E-state index >= 15 is 0 Å². The van der Waals surface area contributed by atoms with Gasteiger partial charge in [-0.3, -0.25) is 9.59 Å². The van der Waals surface area contributed by atoms with E-state index < -0.39 is 47.1 Å². The third-order valence-electron chi connectivity index (χ3n) is 4.41. The molecule has 37 heavy (non-hydrogen) atoms. The Bertz CT molecular complexity index is 1170. The third-order valence-corrected chi connectivity index (χ3v) is 4.41. The molecule has 12 nitrogen and oxygen atoms in total. The van der Waals surface area contributed by atoms with E-state index in [1.807, 2.05) is 0 Å². The lowest BCUT2D eigenvalue weighted by Crippen LogP contribution is -2.45.